The number of anilines is 1. The monoisotopic (exact) mass is 403 g/mol. The van der Waals surface area contributed by atoms with Crippen LogP contribution in [0.25, 0.3) is 22.3 Å². The molecule has 0 saturated carbocycles. The summed E-state index contributed by atoms with van der Waals surface area (Å²) in [7, 11) is 0. The van der Waals surface area contributed by atoms with Crippen molar-refractivity contribution in [1.29, 1.82) is 0 Å². The van der Waals surface area contributed by atoms with Gasteiger partial charge in [-0.3, -0.25) is 9.88 Å². The van der Waals surface area contributed by atoms with E-state index >= 15 is 0 Å². The summed E-state index contributed by atoms with van der Waals surface area (Å²) in [6, 6.07) is 12.3. The summed E-state index contributed by atoms with van der Waals surface area (Å²) < 4.78 is 5.47. The Balaban J connectivity index is 1.31. The Hall–Kier alpha value is -2.57. The van der Waals surface area contributed by atoms with Gasteiger partial charge in [0, 0.05) is 49.5 Å². The van der Waals surface area contributed by atoms with E-state index in [0.717, 1.165) is 73.4 Å². The fourth-order valence-corrected chi connectivity index (χ4v) is 4.55. The van der Waals surface area contributed by atoms with E-state index in [1.165, 1.54) is 25.8 Å². The highest BCUT2D eigenvalue weighted by Crippen LogP contribution is 2.31. The van der Waals surface area contributed by atoms with Gasteiger partial charge in [0.2, 0.25) is 0 Å². The van der Waals surface area contributed by atoms with Crippen LogP contribution in [0.15, 0.2) is 48.8 Å². The van der Waals surface area contributed by atoms with Gasteiger partial charge in [-0.2, -0.15) is 0 Å². The normalized spacial score (nSPS) is 18.7. The van der Waals surface area contributed by atoms with Crippen LogP contribution in [0.3, 0.4) is 0 Å². The fourth-order valence-electron chi connectivity index (χ4n) is 4.55. The molecule has 5 rings (SSSR count). The first-order chi connectivity index (χ1) is 14.9. The van der Waals surface area contributed by atoms with Gasteiger partial charge in [-0.05, 0) is 56.0 Å². The molecule has 2 aliphatic heterocycles. The van der Waals surface area contributed by atoms with Gasteiger partial charge in [-0.1, -0.05) is 12.1 Å². The molecule has 6 nitrogen and oxygen atoms in total. The number of benzene rings is 1. The molecule has 0 amide bonds. The number of hydrogen-bond donors (Lipinski definition) is 0. The molecule has 0 spiro atoms. The van der Waals surface area contributed by atoms with Crippen molar-refractivity contribution in [1.82, 2.24) is 19.9 Å². The number of aromatic nitrogens is 3. The third-order valence-corrected chi connectivity index (χ3v) is 6.37. The van der Waals surface area contributed by atoms with Crippen molar-refractivity contribution in [3.8, 4) is 11.4 Å². The highest BCUT2D eigenvalue weighted by Gasteiger charge is 2.23. The predicted octanol–water partition coefficient (Wildman–Crippen LogP) is 3.63. The SMILES string of the molecule is c1cncc(-c2nc(N3CCC(CCN4CCOCC4)CC3)c3ccccc3n2)c1. The number of pyridine rings is 1. The van der Waals surface area contributed by atoms with E-state index < -0.39 is 0 Å². The fraction of sp³-hybridized carbons (Fsp3) is 0.458. The van der Waals surface area contributed by atoms with Crippen molar-refractivity contribution in [3.05, 3.63) is 48.8 Å². The van der Waals surface area contributed by atoms with Crippen molar-refractivity contribution >= 4 is 16.7 Å². The Morgan fingerprint density at radius 1 is 0.933 bits per heavy atom. The molecule has 0 unspecified atom stereocenters. The van der Waals surface area contributed by atoms with Crippen molar-refractivity contribution in [2.45, 2.75) is 19.3 Å². The zero-order chi connectivity index (χ0) is 20.2. The lowest BCUT2D eigenvalue weighted by Crippen LogP contribution is -2.39. The van der Waals surface area contributed by atoms with Gasteiger partial charge in [0.15, 0.2) is 5.82 Å². The molecule has 2 fully saturated rings. The van der Waals surface area contributed by atoms with Crippen molar-refractivity contribution in [2.75, 3.05) is 50.8 Å². The molecule has 1 aromatic carbocycles. The quantitative estimate of drug-likeness (QED) is 0.648. The molecular formula is C24H29N5O. The van der Waals surface area contributed by atoms with Crippen LogP contribution in [0.5, 0.6) is 0 Å². The van der Waals surface area contributed by atoms with E-state index in [2.05, 4.69) is 33.0 Å². The predicted molar refractivity (Wildman–Crippen MR) is 120 cm³/mol. The van der Waals surface area contributed by atoms with E-state index in [9.17, 15) is 0 Å². The van der Waals surface area contributed by atoms with Crippen LogP contribution in [-0.4, -0.2) is 65.8 Å². The van der Waals surface area contributed by atoms with Gasteiger partial charge >= 0.3 is 0 Å². The van der Waals surface area contributed by atoms with Gasteiger partial charge in [0.1, 0.15) is 5.82 Å². The molecule has 2 aromatic heterocycles. The molecule has 2 aliphatic rings. The van der Waals surface area contributed by atoms with Crippen LogP contribution >= 0.6 is 0 Å². The minimum absolute atomic E-state index is 0.756. The molecule has 30 heavy (non-hydrogen) atoms. The summed E-state index contributed by atoms with van der Waals surface area (Å²) in [6.45, 7) is 7.26. The molecule has 2 saturated heterocycles. The first kappa shape index (κ1) is 19.4. The average Bonchev–Trinajstić information content (AvgIpc) is 2.83. The average molecular weight is 404 g/mol. The molecule has 0 radical (unpaired) electrons. The van der Waals surface area contributed by atoms with Crippen molar-refractivity contribution in [3.63, 3.8) is 0 Å². The van der Waals surface area contributed by atoms with E-state index in [1.54, 1.807) is 6.20 Å². The minimum Gasteiger partial charge on any atom is -0.379 e. The third-order valence-electron chi connectivity index (χ3n) is 6.37. The largest absolute Gasteiger partial charge is 0.379 e. The standard InChI is InChI=1S/C24H29N5O/c1-2-6-22-21(5-1)24(27-23(26-22)20-4-3-10-25-18-20)29-12-8-19(9-13-29)7-11-28-14-16-30-17-15-28/h1-6,10,18-19H,7-9,11-17H2. The molecule has 0 bridgehead atoms. The maximum Gasteiger partial charge on any atom is 0.163 e. The molecule has 4 heterocycles. The second kappa shape index (κ2) is 9.06. The van der Waals surface area contributed by atoms with E-state index in [-0.39, 0.29) is 0 Å². The van der Waals surface area contributed by atoms with Crippen molar-refractivity contribution < 1.29 is 4.74 Å². The first-order valence-electron chi connectivity index (χ1n) is 11.1. The number of fused-ring (bicyclic) bond motifs is 1. The van der Waals surface area contributed by atoms with Crippen LogP contribution < -0.4 is 4.90 Å². The summed E-state index contributed by atoms with van der Waals surface area (Å²) in [5.41, 5.74) is 1.96. The number of hydrogen-bond acceptors (Lipinski definition) is 6. The number of ether oxygens (including phenoxy) is 1. The molecule has 0 aliphatic carbocycles. The van der Waals surface area contributed by atoms with Crippen LogP contribution in [0.1, 0.15) is 19.3 Å². The second-order valence-corrected chi connectivity index (χ2v) is 8.30. The molecule has 3 aromatic rings. The summed E-state index contributed by atoms with van der Waals surface area (Å²) in [6.07, 6.45) is 7.37. The first-order valence-corrected chi connectivity index (χ1v) is 11.1. The summed E-state index contributed by atoms with van der Waals surface area (Å²) in [5.74, 6) is 2.62. The molecular weight excluding hydrogens is 374 g/mol. The van der Waals surface area contributed by atoms with Crippen LogP contribution in [0.2, 0.25) is 0 Å². The van der Waals surface area contributed by atoms with E-state index in [0.29, 0.717) is 0 Å². The van der Waals surface area contributed by atoms with Gasteiger partial charge in [-0.15, -0.1) is 0 Å². The van der Waals surface area contributed by atoms with Crippen molar-refractivity contribution in [2.24, 2.45) is 5.92 Å². The summed E-state index contributed by atoms with van der Waals surface area (Å²) in [4.78, 5) is 19.0. The Morgan fingerprint density at radius 2 is 1.77 bits per heavy atom. The zero-order valence-corrected chi connectivity index (χ0v) is 17.4. The number of para-hydroxylation sites is 1. The Morgan fingerprint density at radius 3 is 2.57 bits per heavy atom. The van der Waals surface area contributed by atoms with Gasteiger partial charge in [-0.25, -0.2) is 9.97 Å². The third kappa shape index (κ3) is 4.30. The molecule has 156 valence electrons. The Labute approximate surface area is 177 Å². The van der Waals surface area contributed by atoms with Crippen LogP contribution in [-0.2, 0) is 4.74 Å². The van der Waals surface area contributed by atoms with E-state index in [4.69, 9.17) is 14.7 Å². The highest BCUT2D eigenvalue weighted by molar-refractivity contribution is 5.91. The summed E-state index contributed by atoms with van der Waals surface area (Å²) in [5, 5.41) is 1.14. The number of rotatable bonds is 5. The maximum atomic E-state index is 5.47. The minimum atomic E-state index is 0.756. The lowest BCUT2D eigenvalue weighted by molar-refractivity contribution is 0.0349. The zero-order valence-electron chi connectivity index (χ0n) is 17.4. The van der Waals surface area contributed by atoms with Crippen LogP contribution in [0.4, 0.5) is 5.82 Å². The van der Waals surface area contributed by atoms with Gasteiger partial charge < -0.3 is 9.64 Å². The maximum absolute atomic E-state index is 5.47. The second-order valence-electron chi connectivity index (χ2n) is 8.30. The van der Waals surface area contributed by atoms with E-state index in [1.807, 2.05) is 24.4 Å². The molecule has 6 heteroatoms. The number of nitrogens with zero attached hydrogens (tertiary/aromatic N) is 5. The Kier molecular flexibility index (Phi) is 5.86. The summed E-state index contributed by atoms with van der Waals surface area (Å²) >= 11 is 0. The van der Waals surface area contributed by atoms with Gasteiger partial charge in [0.25, 0.3) is 0 Å². The lowest BCUT2D eigenvalue weighted by Gasteiger charge is -2.35. The molecule has 0 atom stereocenters. The highest BCUT2D eigenvalue weighted by atomic mass is 16.5. The smallest absolute Gasteiger partial charge is 0.163 e. The number of morpholine rings is 1. The lowest BCUT2D eigenvalue weighted by atomic mass is 9.93. The topological polar surface area (TPSA) is 54.4 Å². The van der Waals surface area contributed by atoms with Crippen LogP contribution in [0, 0.1) is 5.92 Å². The molecule has 0 N–H and O–H groups in total. The number of piperidine rings is 1. The Bertz CT molecular complexity index is 966. The van der Waals surface area contributed by atoms with Gasteiger partial charge in [0.05, 0.1) is 18.7 Å².